The van der Waals surface area contributed by atoms with Gasteiger partial charge < -0.3 is 20.3 Å². The van der Waals surface area contributed by atoms with E-state index in [2.05, 4.69) is 18.7 Å². The van der Waals surface area contributed by atoms with E-state index in [4.69, 9.17) is 10.5 Å². The molecule has 1 saturated heterocycles. The monoisotopic (exact) mass is 257 g/mol. The normalized spacial score (nSPS) is 20.1. The number of carbonyl (C=O) groups excluding carboxylic acids is 1. The molecule has 0 bridgehead atoms. The molecule has 1 heterocycles. The average Bonchev–Trinajstić information content (AvgIpc) is 2.37. The van der Waals surface area contributed by atoms with Crippen molar-refractivity contribution in [1.82, 2.24) is 9.80 Å². The Morgan fingerprint density at radius 2 is 2.00 bits per heavy atom. The number of nitrogens with zero attached hydrogens (tertiary/aromatic N) is 2. The van der Waals surface area contributed by atoms with Crippen LogP contribution in [0.25, 0.3) is 0 Å². The predicted octanol–water partition coefficient (Wildman–Crippen LogP) is 0.291. The van der Waals surface area contributed by atoms with Crippen molar-refractivity contribution in [1.29, 1.82) is 0 Å². The summed E-state index contributed by atoms with van der Waals surface area (Å²) < 4.78 is 4.93. The Bertz CT molecular complexity index is 263. The number of likely N-dealkylation sites (N-methyl/N-ethyl adjacent to an activating group) is 1. The van der Waals surface area contributed by atoms with Crippen LogP contribution in [0.4, 0.5) is 0 Å². The zero-order valence-electron chi connectivity index (χ0n) is 12.1. The summed E-state index contributed by atoms with van der Waals surface area (Å²) >= 11 is 0. The Morgan fingerprint density at radius 3 is 2.44 bits per heavy atom. The van der Waals surface area contributed by atoms with E-state index in [0.717, 1.165) is 25.9 Å². The highest BCUT2D eigenvalue weighted by Gasteiger charge is 2.28. The molecule has 0 aliphatic carbocycles. The minimum absolute atomic E-state index is 0.0140. The van der Waals surface area contributed by atoms with Gasteiger partial charge in [0.25, 0.3) is 0 Å². The molecule has 0 radical (unpaired) electrons. The Morgan fingerprint density at radius 1 is 1.44 bits per heavy atom. The molecule has 18 heavy (non-hydrogen) atoms. The highest BCUT2D eigenvalue weighted by Crippen LogP contribution is 2.17. The van der Waals surface area contributed by atoms with Gasteiger partial charge >= 0.3 is 0 Å². The number of likely N-dealkylation sites (tertiary alicyclic amines) is 1. The summed E-state index contributed by atoms with van der Waals surface area (Å²) in [5.74, 6) is -0.0140. The van der Waals surface area contributed by atoms with Crippen molar-refractivity contribution in [3.8, 4) is 0 Å². The van der Waals surface area contributed by atoms with Gasteiger partial charge in [-0.15, -0.1) is 0 Å². The minimum Gasteiger partial charge on any atom is -0.383 e. The van der Waals surface area contributed by atoms with Gasteiger partial charge in [-0.3, -0.25) is 4.79 Å². The van der Waals surface area contributed by atoms with Crippen molar-refractivity contribution in [2.24, 2.45) is 5.73 Å². The van der Waals surface area contributed by atoms with Gasteiger partial charge in [0.15, 0.2) is 0 Å². The van der Waals surface area contributed by atoms with E-state index in [1.54, 1.807) is 12.0 Å². The third-order valence-corrected chi connectivity index (χ3v) is 3.79. The van der Waals surface area contributed by atoms with Crippen LogP contribution in [-0.2, 0) is 9.53 Å². The smallest absolute Gasteiger partial charge is 0.241 e. The number of rotatable bonds is 5. The van der Waals surface area contributed by atoms with Crippen LogP contribution in [0, 0.1) is 0 Å². The summed E-state index contributed by atoms with van der Waals surface area (Å²) in [6, 6.07) is 0.362. The SMILES string of the molecule is COCC(N)C(=O)N(C)C1CCN(C(C)C)CC1. The maximum atomic E-state index is 12.1. The van der Waals surface area contributed by atoms with Crippen molar-refractivity contribution in [2.45, 2.75) is 44.8 Å². The molecular weight excluding hydrogens is 230 g/mol. The molecule has 5 nitrogen and oxygen atoms in total. The Balaban J connectivity index is 2.44. The van der Waals surface area contributed by atoms with Crippen LogP contribution in [0.1, 0.15) is 26.7 Å². The fourth-order valence-corrected chi connectivity index (χ4v) is 2.48. The molecule has 106 valence electrons. The maximum Gasteiger partial charge on any atom is 0.241 e. The van der Waals surface area contributed by atoms with E-state index in [-0.39, 0.29) is 12.5 Å². The van der Waals surface area contributed by atoms with Crippen LogP contribution in [0.5, 0.6) is 0 Å². The van der Waals surface area contributed by atoms with Gasteiger partial charge in [0.05, 0.1) is 6.61 Å². The third-order valence-electron chi connectivity index (χ3n) is 3.79. The van der Waals surface area contributed by atoms with E-state index in [0.29, 0.717) is 12.1 Å². The molecule has 0 spiro atoms. The first-order valence-corrected chi connectivity index (χ1v) is 6.72. The van der Waals surface area contributed by atoms with Gasteiger partial charge in [-0.25, -0.2) is 0 Å². The van der Waals surface area contributed by atoms with E-state index < -0.39 is 6.04 Å². The number of hydrogen-bond donors (Lipinski definition) is 1. The molecule has 0 aromatic rings. The van der Waals surface area contributed by atoms with E-state index in [9.17, 15) is 4.79 Å². The third kappa shape index (κ3) is 3.93. The highest BCUT2D eigenvalue weighted by atomic mass is 16.5. The standard InChI is InChI=1S/C13H27N3O2/c1-10(2)16-7-5-11(6-8-16)15(3)13(17)12(14)9-18-4/h10-12H,5-9,14H2,1-4H3. The van der Waals surface area contributed by atoms with E-state index in [1.165, 1.54) is 0 Å². The van der Waals surface area contributed by atoms with E-state index in [1.807, 2.05) is 7.05 Å². The molecule has 1 rings (SSSR count). The first-order valence-electron chi connectivity index (χ1n) is 6.72. The lowest BCUT2D eigenvalue weighted by Gasteiger charge is -2.39. The largest absolute Gasteiger partial charge is 0.383 e. The van der Waals surface area contributed by atoms with Gasteiger partial charge in [-0.2, -0.15) is 0 Å². The number of hydrogen-bond acceptors (Lipinski definition) is 4. The fraction of sp³-hybridized carbons (Fsp3) is 0.923. The topological polar surface area (TPSA) is 58.8 Å². The Kier molecular flexibility index (Phi) is 6.05. The van der Waals surface area contributed by atoms with Crippen molar-refractivity contribution in [2.75, 3.05) is 33.9 Å². The summed E-state index contributed by atoms with van der Waals surface area (Å²) in [4.78, 5) is 16.3. The van der Waals surface area contributed by atoms with Crippen molar-refractivity contribution >= 4 is 5.91 Å². The van der Waals surface area contributed by atoms with Crippen molar-refractivity contribution < 1.29 is 9.53 Å². The summed E-state index contributed by atoms with van der Waals surface area (Å²) in [7, 11) is 3.42. The second kappa shape index (κ2) is 7.07. The van der Waals surface area contributed by atoms with Gasteiger partial charge in [0.1, 0.15) is 6.04 Å². The van der Waals surface area contributed by atoms with Crippen molar-refractivity contribution in [3.05, 3.63) is 0 Å². The van der Waals surface area contributed by atoms with Crippen LogP contribution in [0.15, 0.2) is 0 Å². The van der Waals surface area contributed by atoms with Crippen LogP contribution in [0.3, 0.4) is 0 Å². The molecule has 0 aromatic carbocycles. The lowest BCUT2D eigenvalue weighted by atomic mass is 10.0. The number of methoxy groups -OCH3 is 1. The quantitative estimate of drug-likeness (QED) is 0.769. The predicted molar refractivity (Wildman–Crippen MR) is 72.4 cm³/mol. The zero-order chi connectivity index (χ0) is 13.7. The van der Waals surface area contributed by atoms with Crippen LogP contribution in [-0.4, -0.2) is 67.7 Å². The van der Waals surface area contributed by atoms with Crippen LogP contribution in [0.2, 0.25) is 0 Å². The fourth-order valence-electron chi connectivity index (χ4n) is 2.48. The molecule has 1 atom stereocenters. The van der Waals surface area contributed by atoms with Crippen molar-refractivity contribution in [3.63, 3.8) is 0 Å². The number of carbonyl (C=O) groups is 1. The summed E-state index contributed by atoms with van der Waals surface area (Å²) in [5, 5.41) is 0. The first kappa shape index (κ1) is 15.4. The molecule has 1 aliphatic rings. The summed E-state index contributed by atoms with van der Waals surface area (Å²) in [5.41, 5.74) is 5.78. The number of ether oxygens (including phenoxy) is 1. The minimum atomic E-state index is -0.539. The maximum absolute atomic E-state index is 12.1. The Hall–Kier alpha value is -0.650. The van der Waals surface area contributed by atoms with Crippen LogP contribution >= 0.6 is 0 Å². The molecule has 0 saturated carbocycles. The molecule has 1 aliphatic heterocycles. The second-order valence-corrected chi connectivity index (χ2v) is 5.37. The molecule has 2 N–H and O–H groups in total. The molecule has 1 amide bonds. The number of piperidine rings is 1. The zero-order valence-corrected chi connectivity index (χ0v) is 12.1. The molecule has 1 fully saturated rings. The molecule has 0 aromatic heterocycles. The Labute approximate surface area is 110 Å². The second-order valence-electron chi connectivity index (χ2n) is 5.37. The highest BCUT2D eigenvalue weighted by molar-refractivity contribution is 5.81. The van der Waals surface area contributed by atoms with Gasteiger partial charge in [0.2, 0.25) is 5.91 Å². The number of amides is 1. The van der Waals surface area contributed by atoms with Gasteiger partial charge in [-0.05, 0) is 26.7 Å². The first-order chi connectivity index (χ1) is 8.47. The average molecular weight is 257 g/mol. The lowest BCUT2D eigenvalue weighted by molar-refractivity contribution is -0.135. The molecular formula is C13H27N3O2. The van der Waals surface area contributed by atoms with Gasteiger partial charge in [0, 0.05) is 39.3 Å². The molecule has 5 heteroatoms. The van der Waals surface area contributed by atoms with Crippen LogP contribution < -0.4 is 5.73 Å². The van der Waals surface area contributed by atoms with E-state index >= 15 is 0 Å². The summed E-state index contributed by atoms with van der Waals surface area (Å²) in [6.45, 7) is 6.82. The summed E-state index contributed by atoms with van der Waals surface area (Å²) in [6.07, 6.45) is 2.06. The van der Waals surface area contributed by atoms with Gasteiger partial charge in [-0.1, -0.05) is 0 Å². The lowest BCUT2D eigenvalue weighted by Crippen LogP contribution is -2.52. The number of nitrogens with two attached hydrogens (primary N) is 1. The molecule has 1 unspecified atom stereocenters.